The SMILES string of the molecule is CO[C@H]1C[C@@]2(C)C(CC[C@]3(C)[C@@H]2CC=C2[C@@H]4[C@@H](C)[C@H](C)CC[C@]4(C(=O)O)CC[C@]23C)C(C)(C)[C@]1(O)C(=O)C=Cc1ccccc1. The molecule has 1 aromatic carbocycles. The fraction of sp³-hybridized carbons (Fsp3) is 0.700. The molecule has 11 atom stereocenters. The Morgan fingerprint density at radius 1 is 0.933 bits per heavy atom. The van der Waals surface area contributed by atoms with Gasteiger partial charge >= 0.3 is 5.97 Å². The van der Waals surface area contributed by atoms with Crippen LogP contribution in [0.2, 0.25) is 0 Å². The van der Waals surface area contributed by atoms with E-state index in [1.54, 1.807) is 19.3 Å². The molecule has 0 amide bonds. The van der Waals surface area contributed by atoms with Gasteiger partial charge in [0.2, 0.25) is 0 Å². The van der Waals surface area contributed by atoms with Crippen LogP contribution < -0.4 is 0 Å². The second kappa shape index (κ2) is 10.6. The highest BCUT2D eigenvalue weighted by Gasteiger charge is 2.73. The summed E-state index contributed by atoms with van der Waals surface area (Å²) in [4.78, 5) is 27.1. The average molecular weight is 617 g/mol. The maximum Gasteiger partial charge on any atom is 0.310 e. The molecule has 1 unspecified atom stereocenters. The molecule has 5 aliphatic carbocycles. The minimum Gasteiger partial charge on any atom is -0.481 e. The third-order valence-corrected chi connectivity index (χ3v) is 15.5. The Balaban J connectivity index is 1.40. The Morgan fingerprint density at radius 2 is 1.62 bits per heavy atom. The predicted octanol–water partition coefficient (Wildman–Crippen LogP) is 8.37. The fourth-order valence-electron chi connectivity index (χ4n) is 12.5. The molecule has 0 aliphatic heterocycles. The number of methoxy groups -OCH3 is 1. The van der Waals surface area contributed by atoms with E-state index >= 15 is 0 Å². The average Bonchev–Trinajstić information content (AvgIpc) is 3.00. The number of aliphatic carboxylic acids is 1. The summed E-state index contributed by atoms with van der Waals surface area (Å²) in [5, 5.41) is 23.2. The first kappa shape index (κ1) is 32.7. The van der Waals surface area contributed by atoms with E-state index in [1.165, 1.54) is 5.57 Å². The van der Waals surface area contributed by atoms with E-state index in [0.29, 0.717) is 24.2 Å². The van der Waals surface area contributed by atoms with Crippen molar-refractivity contribution >= 4 is 17.8 Å². The number of ketones is 1. The van der Waals surface area contributed by atoms with Gasteiger partial charge in [0, 0.05) is 12.5 Å². The molecule has 6 rings (SSSR count). The molecule has 0 saturated heterocycles. The summed E-state index contributed by atoms with van der Waals surface area (Å²) in [6.07, 6.45) is 12.1. The Bertz CT molecular complexity index is 1410. The van der Waals surface area contributed by atoms with E-state index in [0.717, 1.165) is 50.5 Å². The van der Waals surface area contributed by atoms with E-state index < -0.39 is 28.5 Å². The number of carbonyl (C=O) groups excluding carboxylic acids is 1. The number of benzene rings is 1. The lowest BCUT2D eigenvalue weighted by atomic mass is 9.32. The standard InChI is InChI=1S/C40H56O5/c1-25-18-21-39(34(42)43)23-22-37(6)28(33(39)26(25)2)15-16-30-36(5)24-32(45-8)40(44,31(41)17-14-27-12-10-9-11-13-27)35(3,4)29(36)19-20-38(30,37)7/h9-15,17,25-26,29-30,32-33,44H,16,18-24H2,1-8H3,(H,42,43)/t25-,26+,29?,30-,32+,33+,36+,37-,38-,39+,40+/m1/s1. The Hall–Kier alpha value is -2.24. The van der Waals surface area contributed by atoms with E-state index in [2.05, 4.69) is 54.5 Å². The van der Waals surface area contributed by atoms with E-state index in [9.17, 15) is 19.8 Å². The van der Waals surface area contributed by atoms with Crippen LogP contribution in [0, 0.1) is 56.7 Å². The summed E-state index contributed by atoms with van der Waals surface area (Å²) in [7, 11) is 1.64. The minimum atomic E-state index is -1.65. The minimum absolute atomic E-state index is 0.0194. The number of ether oxygens (including phenoxy) is 1. The summed E-state index contributed by atoms with van der Waals surface area (Å²) in [5.74, 6) is 0.509. The molecule has 0 spiro atoms. The van der Waals surface area contributed by atoms with Crippen LogP contribution in [0.3, 0.4) is 0 Å². The first-order valence-electron chi connectivity index (χ1n) is 17.5. The van der Waals surface area contributed by atoms with Gasteiger partial charge in [-0.2, -0.15) is 0 Å². The Labute approximate surface area is 270 Å². The van der Waals surface area contributed by atoms with Crippen molar-refractivity contribution in [2.45, 2.75) is 112 Å². The topological polar surface area (TPSA) is 83.8 Å². The summed E-state index contributed by atoms with van der Waals surface area (Å²) in [5.41, 5.74) is -0.943. The molecule has 0 radical (unpaired) electrons. The number of rotatable bonds is 5. The van der Waals surface area contributed by atoms with Gasteiger partial charge in [0.15, 0.2) is 11.4 Å². The normalized spacial score (nSPS) is 47.1. The smallest absolute Gasteiger partial charge is 0.310 e. The molecule has 246 valence electrons. The van der Waals surface area contributed by atoms with Crippen molar-refractivity contribution in [3.05, 3.63) is 53.6 Å². The molecule has 0 heterocycles. The quantitative estimate of drug-likeness (QED) is 0.257. The number of fused-ring (bicyclic) bond motifs is 7. The van der Waals surface area contributed by atoms with Crippen LogP contribution in [-0.4, -0.2) is 40.8 Å². The fourth-order valence-corrected chi connectivity index (χ4v) is 12.5. The molecule has 4 fully saturated rings. The van der Waals surface area contributed by atoms with Crippen molar-refractivity contribution in [3.63, 3.8) is 0 Å². The van der Waals surface area contributed by atoms with Gasteiger partial charge in [-0.05, 0) is 109 Å². The van der Waals surface area contributed by atoms with Crippen LogP contribution in [0.5, 0.6) is 0 Å². The van der Waals surface area contributed by atoms with Crippen molar-refractivity contribution in [3.8, 4) is 0 Å². The summed E-state index contributed by atoms with van der Waals surface area (Å²) in [6, 6.07) is 9.75. The van der Waals surface area contributed by atoms with Gasteiger partial charge in [-0.3, -0.25) is 9.59 Å². The van der Waals surface area contributed by atoms with Crippen molar-refractivity contribution in [1.29, 1.82) is 0 Å². The number of allylic oxidation sites excluding steroid dienone is 2. The molecule has 4 saturated carbocycles. The van der Waals surface area contributed by atoms with Gasteiger partial charge < -0.3 is 14.9 Å². The van der Waals surface area contributed by atoms with Crippen molar-refractivity contribution < 1.29 is 24.5 Å². The number of carboxylic acid groups (broad SMARTS) is 1. The number of hydrogen-bond acceptors (Lipinski definition) is 4. The first-order valence-corrected chi connectivity index (χ1v) is 17.5. The second-order valence-corrected chi connectivity index (χ2v) is 17.1. The third-order valence-electron chi connectivity index (χ3n) is 15.5. The Kier molecular flexibility index (Phi) is 7.73. The lowest BCUT2D eigenvalue weighted by molar-refractivity contribution is -0.266. The van der Waals surface area contributed by atoms with Gasteiger partial charge in [0.25, 0.3) is 0 Å². The monoisotopic (exact) mass is 616 g/mol. The summed E-state index contributed by atoms with van der Waals surface area (Å²) >= 11 is 0. The molecule has 0 bridgehead atoms. The zero-order valence-electron chi connectivity index (χ0n) is 28.9. The highest BCUT2D eigenvalue weighted by Crippen LogP contribution is 2.76. The zero-order valence-corrected chi connectivity index (χ0v) is 28.9. The zero-order chi connectivity index (χ0) is 32.8. The van der Waals surface area contributed by atoms with E-state index in [-0.39, 0.29) is 33.9 Å². The second-order valence-electron chi connectivity index (χ2n) is 17.1. The molecule has 5 aliphatic rings. The van der Waals surface area contributed by atoms with Crippen LogP contribution >= 0.6 is 0 Å². The maximum atomic E-state index is 14.0. The molecule has 5 nitrogen and oxygen atoms in total. The van der Waals surface area contributed by atoms with Crippen LogP contribution in [0.4, 0.5) is 0 Å². The molecular weight excluding hydrogens is 560 g/mol. The molecule has 2 N–H and O–H groups in total. The molecule has 1 aromatic rings. The first-order chi connectivity index (χ1) is 21.0. The number of carboxylic acids is 1. The van der Waals surface area contributed by atoms with E-state index in [1.807, 2.05) is 30.3 Å². The lowest BCUT2D eigenvalue weighted by Gasteiger charge is -2.72. The van der Waals surface area contributed by atoms with Crippen LogP contribution in [0.15, 0.2) is 48.1 Å². The highest BCUT2D eigenvalue weighted by atomic mass is 16.5. The number of carbonyl (C=O) groups is 2. The Morgan fingerprint density at radius 3 is 2.27 bits per heavy atom. The van der Waals surface area contributed by atoms with Crippen LogP contribution in [0.25, 0.3) is 6.08 Å². The van der Waals surface area contributed by atoms with Crippen molar-refractivity contribution in [2.75, 3.05) is 7.11 Å². The van der Waals surface area contributed by atoms with Crippen molar-refractivity contribution in [1.82, 2.24) is 0 Å². The summed E-state index contributed by atoms with van der Waals surface area (Å²) in [6.45, 7) is 16.2. The van der Waals surface area contributed by atoms with Gasteiger partial charge in [-0.25, -0.2) is 0 Å². The van der Waals surface area contributed by atoms with Gasteiger partial charge in [-0.15, -0.1) is 0 Å². The van der Waals surface area contributed by atoms with Gasteiger partial charge in [0.05, 0.1) is 11.5 Å². The molecule has 5 heteroatoms. The highest BCUT2D eigenvalue weighted by molar-refractivity contribution is 6.01. The molecular formula is C40H56O5. The third kappa shape index (κ3) is 4.17. The van der Waals surface area contributed by atoms with E-state index in [4.69, 9.17) is 4.74 Å². The van der Waals surface area contributed by atoms with Crippen LogP contribution in [0.1, 0.15) is 105 Å². The largest absolute Gasteiger partial charge is 0.481 e. The molecule has 45 heavy (non-hydrogen) atoms. The predicted molar refractivity (Wildman–Crippen MR) is 178 cm³/mol. The summed E-state index contributed by atoms with van der Waals surface area (Å²) < 4.78 is 6.12. The van der Waals surface area contributed by atoms with Gasteiger partial charge in [-0.1, -0.05) is 96.5 Å². The number of aliphatic hydroxyl groups is 1. The van der Waals surface area contributed by atoms with Gasteiger partial charge in [0.1, 0.15) is 0 Å². The number of hydrogen-bond donors (Lipinski definition) is 2. The lowest BCUT2D eigenvalue weighted by Crippen LogP contribution is -2.73. The van der Waals surface area contributed by atoms with Crippen LogP contribution in [-0.2, 0) is 14.3 Å². The van der Waals surface area contributed by atoms with Crippen molar-refractivity contribution in [2.24, 2.45) is 56.7 Å². The maximum absolute atomic E-state index is 14.0. The molecule has 0 aromatic heterocycles.